The summed E-state index contributed by atoms with van der Waals surface area (Å²) in [6.07, 6.45) is 4.24. The number of thiazole rings is 1. The first kappa shape index (κ1) is 25.1. The molecule has 2 unspecified atom stereocenters. The SMILES string of the molecule is CCc1nc(CCNC(=NC)NC2CCN(Cc3ccccc3)C(C)C2)sc1C.I. The first-order chi connectivity index (χ1) is 14.1. The first-order valence-electron chi connectivity index (χ1n) is 10.8. The Balaban J connectivity index is 0.00000320. The fraction of sp³-hybridized carbons (Fsp3) is 0.565. The lowest BCUT2D eigenvalue weighted by atomic mass is 9.97. The molecule has 0 spiro atoms. The lowest BCUT2D eigenvalue weighted by Gasteiger charge is -2.38. The van der Waals surface area contributed by atoms with Crippen LogP contribution >= 0.6 is 35.3 Å². The van der Waals surface area contributed by atoms with Gasteiger partial charge in [-0.15, -0.1) is 35.3 Å². The van der Waals surface area contributed by atoms with E-state index in [1.807, 2.05) is 18.4 Å². The lowest BCUT2D eigenvalue weighted by molar-refractivity contribution is 0.134. The van der Waals surface area contributed by atoms with Crippen molar-refractivity contribution >= 4 is 41.3 Å². The Morgan fingerprint density at radius 3 is 2.70 bits per heavy atom. The molecule has 1 aliphatic rings. The van der Waals surface area contributed by atoms with Crippen molar-refractivity contribution in [2.75, 3.05) is 20.1 Å². The van der Waals surface area contributed by atoms with Crippen LogP contribution in [0.25, 0.3) is 0 Å². The molecule has 2 heterocycles. The molecule has 2 atom stereocenters. The Morgan fingerprint density at radius 1 is 1.30 bits per heavy atom. The number of nitrogens with zero attached hydrogens (tertiary/aromatic N) is 3. The number of piperidine rings is 1. The van der Waals surface area contributed by atoms with Crippen molar-refractivity contribution < 1.29 is 0 Å². The number of hydrogen-bond acceptors (Lipinski definition) is 4. The molecule has 1 aromatic heterocycles. The van der Waals surface area contributed by atoms with Crippen molar-refractivity contribution in [2.24, 2.45) is 4.99 Å². The van der Waals surface area contributed by atoms with E-state index in [0.717, 1.165) is 51.3 Å². The number of aliphatic imine (C=N–C) groups is 1. The van der Waals surface area contributed by atoms with Crippen molar-refractivity contribution in [1.29, 1.82) is 0 Å². The van der Waals surface area contributed by atoms with Gasteiger partial charge in [-0.3, -0.25) is 9.89 Å². The normalized spacial score (nSPS) is 19.9. The Morgan fingerprint density at radius 2 is 2.07 bits per heavy atom. The van der Waals surface area contributed by atoms with Crippen molar-refractivity contribution in [1.82, 2.24) is 20.5 Å². The van der Waals surface area contributed by atoms with Gasteiger partial charge in [0.15, 0.2) is 5.96 Å². The van der Waals surface area contributed by atoms with E-state index in [0.29, 0.717) is 12.1 Å². The first-order valence-corrected chi connectivity index (χ1v) is 11.6. The molecule has 0 aliphatic carbocycles. The van der Waals surface area contributed by atoms with Crippen LogP contribution in [0.5, 0.6) is 0 Å². The quantitative estimate of drug-likeness (QED) is 0.310. The van der Waals surface area contributed by atoms with E-state index >= 15 is 0 Å². The van der Waals surface area contributed by atoms with Gasteiger partial charge >= 0.3 is 0 Å². The number of rotatable bonds is 7. The topological polar surface area (TPSA) is 52.6 Å². The van der Waals surface area contributed by atoms with Gasteiger partial charge in [0.1, 0.15) is 0 Å². The van der Waals surface area contributed by atoms with E-state index in [1.54, 1.807) is 0 Å². The molecule has 1 fully saturated rings. The highest BCUT2D eigenvalue weighted by Gasteiger charge is 2.25. The Kier molecular flexibility index (Phi) is 10.5. The Bertz CT molecular complexity index is 792. The number of nitrogens with one attached hydrogen (secondary N) is 2. The molecule has 2 N–H and O–H groups in total. The minimum absolute atomic E-state index is 0. The zero-order valence-electron chi connectivity index (χ0n) is 18.6. The molecule has 0 radical (unpaired) electrons. The van der Waals surface area contributed by atoms with Crippen LogP contribution in [0.1, 0.15) is 47.8 Å². The molecular formula is C23H36IN5S. The van der Waals surface area contributed by atoms with Crippen LogP contribution in [0.15, 0.2) is 35.3 Å². The summed E-state index contributed by atoms with van der Waals surface area (Å²) in [6, 6.07) is 11.8. The predicted octanol–water partition coefficient (Wildman–Crippen LogP) is 4.39. The summed E-state index contributed by atoms with van der Waals surface area (Å²) in [7, 11) is 1.85. The van der Waals surface area contributed by atoms with E-state index in [4.69, 9.17) is 4.98 Å². The number of guanidine groups is 1. The molecule has 5 nitrogen and oxygen atoms in total. The number of aryl methyl sites for hydroxylation is 2. The second kappa shape index (κ2) is 12.6. The zero-order chi connectivity index (χ0) is 20.6. The highest BCUT2D eigenvalue weighted by molar-refractivity contribution is 14.0. The van der Waals surface area contributed by atoms with Gasteiger partial charge < -0.3 is 10.6 Å². The molecular weight excluding hydrogens is 505 g/mol. The number of aromatic nitrogens is 1. The number of hydrogen-bond donors (Lipinski definition) is 2. The van der Waals surface area contributed by atoms with Gasteiger partial charge in [-0.25, -0.2) is 4.98 Å². The van der Waals surface area contributed by atoms with Gasteiger partial charge in [0, 0.05) is 50.1 Å². The van der Waals surface area contributed by atoms with Crippen LogP contribution in [0.4, 0.5) is 0 Å². The van der Waals surface area contributed by atoms with Gasteiger partial charge in [-0.1, -0.05) is 37.3 Å². The molecule has 0 saturated carbocycles. The largest absolute Gasteiger partial charge is 0.356 e. The molecule has 1 aliphatic heterocycles. The summed E-state index contributed by atoms with van der Waals surface area (Å²) in [5.41, 5.74) is 2.63. The number of likely N-dealkylation sites (tertiary alicyclic amines) is 1. The average Bonchev–Trinajstić information content (AvgIpc) is 3.09. The average molecular weight is 542 g/mol. The molecule has 1 aromatic carbocycles. The van der Waals surface area contributed by atoms with E-state index in [-0.39, 0.29) is 24.0 Å². The molecule has 30 heavy (non-hydrogen) atoms. The van der Waals surface area contributed by atoms with E-state index in [9.17, 15) is 0 Å². The Labute approximate surface area is 202 Å². The molecule has 1 saturated heterocycles. The fourth-order valence-corrected chi connectivity index (χ4v) is 5.02. The van der Waals surface area contributed by atoms with Crippen molar-refractivity contribution in [2.45, 2.75) is 65.1 Å². The van der Waals surface area contributed by atoms with Crippen LogP contribution in [-0.2, 0) is 19.4 Å². The second-order valence-electron chi connectivity index (χ2n) is 7.88. The molecule has 3 rings (SSSR count). The molecule has 0 amide bonds. The Hall–Kier alpha value is -1.19. The van der Waals surface area contributed by atoms with Crippen LogP contribution < -0.4 is 10.6 Å². The van der Waals surface area contributed by atoms with Gasteiger partial charge in [-0.2, -0.15) is 0 Å². The van der Waals surface area contributed by atoms with Crippen molar-refractivity contribution in [3.05, 3.63) is 51.5 Å². The van der Waals surface area contributed by atoms with Crippen molar-refractivity contribution in [3.63, 3.8) is 0 Å². The van der Waals surface area contributed by atoms with E-state index in [2.05, 4.69) is 71.6 Å². The maximum atomic E-state index is 4.73. The van der Waals surface area contributed by atoms with E-state index in [1.165, 1.54) is 21.1 Å². The van der Waals surface area contributed by atoms with Gasteiger partial charge in [0.2, 0.25) is 0 Å². The lowest BCUT2D eigenvalue weighted by Crippen LogP contribution is -2.51. The summed E-state index contributed by atoms with van der Waals surface area (Å²) in [6.45, 7) is 9.68. The van der Waals surface area contributed by atoms with Gasteiger partial charge in [0.05, 0.1) is 10.7 Å². The highest BCUT2D eigenvalue weighted by atomic mass is 127. The summed E-state index contributed by atoms with van der Waals surface area (Å²) >= 11 is 1.82. The maximum Gasteiger partial charge on any atom is 0.191 e. The maximum absolute atomic E-state index is 4.73. The summed E-state index contributed by atoms with van der Waals surface area (Å²) in [5, 5.41) is 8.31. The number of benzene rings is 1. The van der Waals surface area contributed by atoms with E-state index < -0.39 is 0 Å². The zero-order valence-corrected chi connectivity index (χ0v) is 21.8. The van der Waals surface area contributed by atoms with Gasteiger partial charge in [0.25, 0.3) is 0 Å². The third-order valence-corrected chi connectivity index (χ3v) is 6.78. The van der Waals surface area contributed by atoms with Crippen LogP contribution in [0.2, 0.25) is 0 Å². The highest BCUT2D eigenvalue weighted by Crippen LogP contribution is 2.20. The summed E-state index contributed by atoms with van der Waals surface area (Å²) < 4.78 is 0. The second-order valence-corrected chi connectivity index (χ2v) is 9.17. The minimum atomic E-state index is 0. The molecule has 7 heteroatoms. The molecule has 2 aromatic rings. The third-order valence-electron chi connectivity index (χ3n) is 5.71. The molecule has 0 bridgehead atoms. The predicted molar refractivity (Wildman–Crippen MR) is 139 cm³/mol. The molecule has 166 valence electrons. The van der Waals surface area contributed by atoms with Gasteiger partial charge in [-0.05, 0) is 38.7 Å². The number of halogens is 1. The van der Waals surface area contributed by atoms with Crippen LogP contribution in [0, 0.1) is 6.92 Å². The standard InChI is InChI=1S/C23H35N5S.HI/c1-5-21-18(3)29-22(27-21)11-13-25-23(24-4)26-20-12-14-28(17(2)15-20)16-19-9-7-6-8-10-19;/h6-10,17,20H,5,11-16H2,1-4H3,(H2,24,25,26);1H. The van der Waals surface area contributed by atoms with Crippen molar-refractivity contribution in [3.8, 4) is 0 Å². The van der Waals surface area contributed by atoms with Crippen LogP contribution in [-0.4, -0.2) is 48.1 Å². The minimum Gasteiger partial charge on any atom is -0.356 e. The smallest absolute Gasteiger partial charge is 0.191 e. The summed E-state index contributed by atoms with van der Waals surface area (Å²) in [5.74, 6) is 0.905. The van der Waals surface area contributed by atoms with Crippen LogP contribution in [0.3, 0.4) is 0 Å². The third kappa shape index (κ3) is 7.20. The monoisotopic (exact) mass is 541 g/mol. The fourth-order valence-electron chi connectivity index (χ4n) is 4.00. The summed E-state index contributed by atoms with van der Waals surface area (Å²) in [4.78, 5) is 13.1.